The van der Waals surface area contributed by atoms with E-state index in [-0.39, 0.29) is 12.8 Å². The van der Waals surface area contributed by atoms with E-state index in [1.165, 1.54) is 0 Å². The first-order valence-electron chi connectivity index (χ1n) is 13.5. The van der Waals surface area contributed by atoms with Gasteiger partial charge in [0.25, 0.3) is 15.0 Å². The van der Waals surface area contributed by atoms with Gasteiger partial charge < -0.3 is 0 Å². The minimum atomic E-state index is -6.35. The van der Waals surface area contributed by atoms with Crippen molar-refractivity contribution in [1.82, 2.24) is 29.5 Å². The van der Waals surface area contributed by atoms with Crippen LogP contribution in [0.3, 0.4) is 0 Å². The summed E-state index contributed by atoms with van der Waals surface area (Å²) in [6, 6.07) is 14.7. The molecule has 0 radical (unpaired) electrons. The van der Waals surface area contributed by atoms with E-state index >= 15 is 0 Å². The van der Waals surface area contributed by atoms with E-state index < -0.39 is 89.9 Å². The van der Waals surface area contributed by atoms with Crippen LogP contribution in [0.4, 0.5) is 52.7 Å². The Hall–Kier alpha value is -4.02. The minimum absolute atomic E-state index is 0.0814. The molecule has 2 aromatic heterocycles. The number of benzene rings is 2. The lowest BCUT2D eigenvalue weighted by Crippen LogP contribution is -2.44. The molecule has 0 spiro atoms. The lowest BCUT2D eigenvalue weighted by Gasteiger charge is -2.18. The summed E-state index contributed by atoms with van der Waals surface area (Å²) in [7, 11) is -10.1. The fraction of sp³-hybridized carbons (Fsp3) is 0.385. The summed E-state index contributed by atoms with van der Waals surface area (Å²) in [5.41, 5.74) is 1.07. The van der Waals surface area contributed by atoms with Crippen molar-refractivity contribution in [3.05, 3.63) is 83.4 Å². The Bertz CT molecular complexity index is 1950. The molecule has 9 nitrogen and oxygen atoms in total. The number of rotatable bonds is 6. The van der Waals surface area contributed by atoms with Gasteiger partial charge in [-0.2, -0.15) is 48.9 Å². The highest BCUT2D eigenvalue weighted by Gasteiger charge is 2.69. The molecule has 4 aromatic rings. The van der Waals surface area contributed by atoms with Crippen LogP contribution in [0.25, 0.3) is 0 Å². The molecule has 0 fully saturated rings. The number of alkyl halides is 12. The molecule has 5 atom stereocenters. The molecule has 0 aliphatic carbocycles. The lowest BCUT2D eigenvalue weighted by atomic mass is 10.0. The molecule has 49 heavy (non-hydrogen) atoms. The lowest BCUT2D eigenvalue weighted by molar-refractivity contribution is -0.241. The van der Waals surface area contributed by atoms with Crippen LogP contribution in [-0.2, 0) is 20.6 Å². The van der Waals surface area contributed by atoms with Gasteiger partial charge in [0.15, 0.2) is 34.8 Å². The van der Waals surface area contributed by atoms with Crippen molar-refractivity contribution in [1.29, 1.82) is 0 Å². The number of fused-ring (bicyclic) bond motifs is 2. The molecule has 266 valence electrons. The zero-order valence-corrected chi connectivity index (χ0v) is 25.4. The molecule has 0 saturated carbocycles. The second-order valence-electron chi connectivity index (χ2n) is 10.5. The molecule has 0 N–H and O–H groups in total. The molecule has 2 aromatic carbocycles. The third-order valence-corrected chi connectivity index (χ3v) is 10.1. The van der Waals surface area contributed by atoms with Crippen molar-refractivity contribution in [3.8, 4) is 0 Å². The van der Waals surface area contributed by atoms with Crippen molar-refractivity contribution in [2.24, 2.45) is 0 Å². The van der Waals surface area contributed by atoms with E-state index in [0.717, 1.165) is 9.36 Å². The van der Waals surface area contributed by atoms with Gasteiger partial charge in [-0.15, -0.1) is 10.2 Å². The summed E-state index contributed by atoms with van der Waals surface area (Å²) in [6.07, 6.45) is -16.2. The number of nitrogens with zero attached hydrogens (tertiary/aromatic N) is 6. The number of sulfone groups is 1. The molecule has 4 heterocycles. The number of hydrogen-bond acceptors (Lipinski definition) is 7. The summed E-state index contributed by atoms with van der Waals surface area (Å²) >= 11 is 0. The van der Waals surface area contributed by atoms with Gasteiger partial charge in [-0.05, 0) is 11.1 Å². The first kappa shape index (κ1) is 36.3. The predicted molar refractivity (Wildman–Crippen MR) is 142 cm³/mol. The normalized spacial score (nSPS) is 21.9. The van der Waals surface area contributed by atoms with Gasteiger partial charge in [0.2, 0.25) is 5.16 Å². The molecule has 0 saturated heterocycles. The summed E-state index contributed by atoms with van der Waals surface area (Å²) in [5.74, 6) is -1.02. The Morgan fingerprint density at radius 2 is 1.08 bits per heavy atom. The molecule has 2 aliphatic rings. The average Bonchev–Trinajstić information content (AvgIpc) is 3.79. The minimum Gasteiger partial charge on any atom is -0.244 e. The smallest absolute Gasteiger partial charge is 0.244 e. The Morgan fingerprint density at radius 1 is 0.653 bits per heavy atom. The number of hydrogen-bond donors (Lipinski definition) is 0. The van der Waals surface area contributed by atoms with Gasteiger partial charge in [0.05, 0.1) is 12.1 Å². The van der Waals surface area contributed by atoms with Gasteiger partial charge in [-0.1, -0.05) is 60.7 Å². The maximum Gasteiger partial charge on any atom is 0.469 e. The van der Waals surface area contributed by atoms with Crippen LogP contribution >= 0.6 is 0 Å². The summed E-state index contributed by atoms with van der Waals surface area (Å²) in [4.78, 5) is 6.43. The highest BCUT2D eigenvalue weighted by molar-refractivity contribution is 7.92. The standard InChI is InChI=1S/C13H9F6N3O2S.C13H9F6N3OS/c14-8-6-9(7-4-2-1-3-5-7)22-10(8)20-11(21-22)25(23,24)13(18,19)12(15,16)17;14-8-6-9(7-4-2-1-3-5-7)22-10(8)20-11(21-22)24(23)13(18,19)12(15,16)17/h1-5,8-9H,6H2;1-5,8-9H,6H2/t8-,9-;8-,9-,24?/m00/s1. The second kappa shape index (κ2) is 12.4. The van der Waals surface area contributed by atoms with Crippen LogP contribution in [0.5, 0.6) is 0 Å². The molecular formula is C26H18F12N6O3S2. The quantitative estimate of drug-likeness (QED) is 0.200. The average molecular weight is 755 g/mol. The van der Waals surface area contributed by atoms with Crippen molar-refractivity contribution >= 4 is 20.6 Å². The highest BCUT2D eigenvalue weighted by Crippen LogP contribution is 2.46. The van der Waals surface area contributed by atoms with E-state index in [9.17, 15) is 65.3 Å². The van der Waals surface area contributed by atoms with Crippen LogP contribution < -0.4 is 0 Å². The van der Waals surface area contributed by atoms with Crippen LogP contribution in [0.1, 0.15) is 60.0 Å². The van der Waals surface area contributed by atoms with Crippen LogP contribution in [0.2, 0.25) is 0 Å². The molecule has 23 heteroatoms. The third kappa shape index (κ3) is 6.29. The van der Waals surface area contributed by atoms with Crippen molar-refractivity contribution < 1.29 is 65.3 Å². The van der Waals surface area contributed by atoms with Gasteiger partial charge in [0.1, 0.15) is 0 Å². The first-order valence-corrected chi connectivity index (χ1v) is 16.1. The monoisotopic (exact) mass is 754 g/mol. The Balaban J connectivity index is 0.000000191. The molecule has 0 bridgehead atoms. The van der Waals surface area contributed by atoms with Gasteiger partial charge in [-0.3, -0.25) is 0 Å². The van der Waals surface area contributed by atoms with Crippen molar-refractivity contribution in [2.45, 2.75) is 70.4 Å². The zero-order chi connectivity index (χ0) is 36.3. The summed E-state index contributed by atoms with van der Waals surface area (Å²) < 4.78 is 192. The highest BCUT2D eigenvalue weighted by atomic mass is 32.2. The zero-order valence-electron chi connectivity index (χ0n) is 23.8. The predicted octanol–water partition coefficient (Wildman–Crippen LogP) is 6.76. The van der Waals surface area contributed by atoms with E-state index in [0.29, 0.717) is 11.1 Å². The Morgan fingerprint density at radius 3 is 1.51 bits per heavy atom. The first-order chi connectivity index (χ1) is 22.6. The SMILES string of the molecule is O=S(=O)(c1nc2n(n1)[C@H](c1ccccc1)C[C@@H]2F)C(F)(F)C(F)(F)F.O=S(c1nc2n(n1)[C@H](c1ccccc1)C[C@@H]2F)C(F)(F)C(F)(F)F. The number of aromatic nitrogens is 6. The van der Waals surface area contributed by atoms with E-state index in [2.05, 4.69) is 20.2 Å². The van der Waals surface area contributed by atoms with Crippen LogP contribution in [0.15, 0.2) is 71.0 Å². The fourth-order valence-corrected chi connectivity index (χ4v) is 6.62. The van der Waals surface area contributed by atoms with Crippen molar-refractivity contribution in [3.63, 3.8) is 0 Å². The Kier molecular flexibility index (Phi) is 9.17. The third-order valence-electron chi connectivity index (χ3n) is 7.29. The molecule has 2 aliphatic heterocycles. The van der Waals surface area contributed by atoms with E-state index in [1.54, 1.807) is 60.7 Å². The molecule has 1 unspecified atom stereocenters. The molecular weight excluding hydrogens is 736 g/mol. The van der Waals surface area contributed by atoms with Crippen molar-refractivity contribution in [2.75, 3.05) is 0 Å². The van der Waals surface area contributed by atoms with Gasteiger partial charge in [-0.25, -0.2) is 35.8 Å². The summed E-state index contributed by atoms with van der Waals surface area (Å²) in [6.45, 7) is 0. The molecule has 6 rings (SSSR count). The maximum absolute atomic E-state index is 14.1. The van der Waals surface area contributed by atoms with E-state index in [4.69, 9.17) is 0 Å². The van der Waals surface area contributed by atoms with Gasteiger partial charge in [0, 0.05) is 12.8 Å². The largest absolute Gasteiger partial charge is 0.469 e. The van der Waals surface area contributed by atoms with E-state index in [1.807, 2.05) is 0 Å². The molecule has 0 amide bonds. The number of halogens is 12. The maximum atomic E-state index is 14.1. The summed E-state index contributed by atoms with van der Waals surface area (Å²) in [5, 5.41) is -7.90. The van der Waals surface area contributed by atoms with Gasteiger partial charge >= 0.3 is 22.9 Å². The van der Waals surface area contributed by atoms with Crippen LogP contribution in [0, 0.1) is 0 Å². The topological polar surface area (TPSA) is 113 Å². The fourth-order valence-electron chi connectivity index (χ4n) is 4.90. The Labute approximate surface area is 269 Å². The van der Waals surface area contributed by atoms with Crippen LogP contribution in [-0.4, -0.2) is 65.0 Å². The second-order valence-corrected chi connectivity index (χ2v) is 13.8.